The third-order valence-electron chi connectivity index (χ3n) is 1.72. The van der Waals surface area contributed by atoms with Crippen molar-refractivity contribution in [3.05, 3.63) is 0 Å². The Hall–Kier alpha value is -0.130. The summed E-state index contributed by atoms with van der Waals surface area (Å²) < 4.78 is 24.9. The Balaban J connectivity index is 4.03. The second-order valence-electron chi connectivity index (χ2n) is 2.74. The Morgan fingerprint density at radius 2 is 1.83 bits per heavy atom. The van der Waals surface area contributed by atoms with Crippen LogP contribution in [0, 0.1) is 0 Å². The second-order valence-corrected chi connectivity index (χ2v) is 4.61. The Bertz CT molecular complexity index is 197. The Morgan fingerprint density at radius 1 is 1.33 bits per heavy atom. The van der Waals surface area contributed by atoms with Gasteiger partial charge in [-0.1, -0.05) is 13.8 Å². The molecular formula is C7H18N2O2S. The maximum absolute atomic E-state index is 11.2. The first kappa shape index (κ1) is 11.9. The molecule has 0 aromatic carbocycles. The molecular weight excluding hydrogens is 176 g/mol. The minimum atomic E-state index is -3.13. The van der Waals surface area contributed by atoms with Crippen molar-refractivity contribution in [3.8, 4) is 0 Å². The molecule has 0 spiro atoms. The summed E-state index contributed by atoms with van der Waals surface area (Å²) in [6.45, 7) is 4.09. The van der Waals surface area contributed by atoms with Crippen molar-refractivity contribution in [1.29, 1.82) is 0 Å². The quantitative estimate of drug-likeness (QED) is 0.627. The van der Waals surface area contributed by atoms with E-state index in [0.29, 0.717) is 0 Å². The lowest BCUT2D eigenvalue weighted by Gasteiger charge is -2.13. The summed E-state index contributed by atoms with van der Waals surface area (Å²) >= 11 is 0. The number of hydrogen-bond donors (Lipinski definition) is 2. The van der Waals surface area contributed by atoms with E-state index < -0.39 is 10.0 Å². The molecule has 12 heavy (non-hydrogen) atoms. The molecule has 0 saturated carbocycles. The van der Waals surface area contributed by atoms with Crippen molar-refractivity contribution < 1.29 is 8.42 Å². The highest BCUT2D eigenvalue weighted by atomic mass is 32.2. The zero-order valence-electron chi connectivity index (χ0n) is 7.71. The molecule has 5 heteroatoms. The third-order valence-corrected chi connectivity index (χ3v) is 3.18. The van der Waals surface area contributed by atoms with Gasteiger partial charge in [-0.05, 0) is 12.8 Å². The van der Waals surface area contributed by atoms with Gasteiger partial charge >= 0.3 is 0 Å². The van der Waals surface area contributed by atoms with Crippen LogP contribution >= 0.6 is 0 Å². The molecule has 0 rings (SSSR count). The molecule has 74 valence electrons. The minimum absolute atomic E-state index is 0.0174. The Labute approximate surface area is 74.6 Å². The predicted molar refractivity (Wildman–Crippen MR) is 50.3 cm³/mol. The van der Waals surface area contributed by atoms with E-state index in [1.54, 1.807) is 0 Å². The van der Waals surface area contributed by atoms with E-state index in [4.69, 9.17) is 5.73 Å². The van der Waals surface area contributed by atoms with Crippen LogP contribution in [0.25, 0.3) is 0 Å². The van der Waals surface area contributed by atoms with Crippen molar-refractivity contribution >= 4 is 10.0 Å². The molecule has 0 aliphatic rings. The van der Waals surface area contributed by atoms with E-state index >= 15 is 0 Å². The zero-order chi connectivity index (χ0) is 9.61. The fraction of sp³-hybridized carbons (Fsp3) is 1.00. The van der Waals surface area contributed by atoms with E-state index in [-0.39, 0.29) is 18.3 Å². The normalized spacial score (nSPS) is 12.3. The number of hydrogen-bond acceptors (Lipinski definition) is 3. The molecule has 0 aromatic heterocycles. The van der Waals surface area contributed by atoms with Gasteiger partial charge in [0, 0.05) is 12.6 Å². The lowest BCUT2D eigenvalue weighted by Crippen LogP contribution is -2.37. The number of sulfonamides is 1. The number of nitrogens with two attached hydrogens (primary N) is 1. The van der Waals surface area contributed by atoms with Gasteiger partial charge in [0.1, 0.15) is 0 Å². The minimum Gasteiger partial charge on any atom is -0.329 e. The molecule has 0 aromatic rings. The first-order valence-electron chi connectivity index (χ1n) is 4.25. The van der Waals surface area contributed by atoms with Crippen molar-refractivity contribution in [2.24, 2.45) is 5.73 Å². The molecule has 0 aliphatic heterocycles. The van der Waals surface area contributed by atoms with Gasteiger partial charge < -0.3 is 5.73 Å². The van der Waals surface area contributed by atoms with E-state index in [1.165, 1.54) is 0 Å². The van der Waals surface area contributed by atoms with Gasteiger partial charge in [-0.2, -0.15) is 0 Å². The molecule has 0 heterocycles. The van der Waals surface area contributed by atoms with Gasteiger partial charge in [0.25, 0.3) is 0 Å². The molecule has 0 amide bonds. The fourth-order valence-corrected chi connectivity index (χ4v) is 2.19. The number of nitrogens with one attached hydrogen (secondary N) is 1. The molecule has 0 fully saturated rings. The first-order valence-corrected chi connectivity index (χ1v) is 5.91. The second kappa shape index (κ2) is 5.50. The van der Waals surface area contributed by atoms with Crippen molar-refractivity contribution in [2.45, 2.75) is 32.7 Å². The van der Waals surface area contributed by atoms with Crippen LogP contribution in [0.3, 0.4) is 0 Å². The maximum atomic E-state index is 11.2. The van der Waals surface area contributed by atoms with Gasteiger partial charge in [0.05, 0.1) is 5.75 Å². The van der Waals surface area contributed by atoms with E-state index in [2.05, 4.69) is 4.72 Å². The summed E-state index contributed by atoms with van der Waals surface area (Å²) in [5, 5.41) is 0. The molecule has 3 N–H and O–H groups in total. The van der Waals surface area contributed by atoms with Crippen LogP contribution in [-0.2, 0) is 10.0 Å². The largest absolute Gasteiger partial charge is 0.329 e. The summed E-state index contributed by atoms with van der Waals surface area (Å²) in [6.07, 6.45) is 1.64. The molecule has 0 atom stereocenters. The average Bonchev–Trinajstić information content (AvgIpc) is 2.00. The van der Waals surface area contributed by atoms with E-state index in [0.717, 1.165) is 12.8 Å². The van der Waals surface area contributed by atoms with Crippen molar-refractivity contribution in [2.75, 3.05) is 12.3 Å². The molecule has 0 unspecified atom stereocenters. The topological polar surface area (TPSA) is 72.2 Å². The zero-order valence-corrected chi connectivity index (χ0v) is 8.52. The Kier molecular flexibility index (Phi) is 5.44. The van der Waals surface area contributed by atoms with Crippen molar-refractivity contribution in [1.82, 2.24) is 4.72 Å². The van der Waals surface area contributed by atoms with Crippen LogP contribution in [0.15, 0.2) is 0 Å². The molecule has 0 radical (unpaired) electrons. The standard InChI is InChI=1S/C7H18N2O2S/c1-3-7(4-2)9-12(10,11)6-5-8/h7,9H,3-6,8H2,1-2H3. The fourth-order valence-electron chi connectivity index (χ4n) is 0.923. The molecule has 4 nitrogen and oxygen atoms in total. The maximum Gasteiger partial charge on any atom is 0.213 e. The van der Waals surface area contributed by atoms with Crippen LogP contribution < -0.4 is 10.5 Å². The summed E-state index contributed by atoms with van der Waals surface area (Å²) in [5.74, 6) is 0.0174. The highest BCUT2D eigenvalue weighted by Gasteiger charge is 2.13. The Morgan fingerprint density at radius 3 is 2.17 bits per heavy atom. The van der Waals surface area contributed by atoms with Crippen LogP contribution in [0.2, 0.25) is 0 Å². The molecule has 0 bridgehead atoms. The lowest BCUT2D eigenvalue weighted by atomic mass is 10.2. The molecule has 0 aliphatic carbocycles. The van der Waals surface area contributed by atoms with E-state index in [9.17, 15) is 8.42 Å². The van der Waals surface area contributed by atoms with Gasteiger partial charge in [0.2, 0.25) is 10.0 Å². The summed E-state index contributed by atoms with van der Waals surface area (Å²) in [6, 6.07) is 0.0570. The smallest absolute Gasteiger partial charge is 0.213 e. The average molecular weight is 194 g/mol. The van der Waals surface area contributed by atoms with Gasteiger partial charge in [0.15, 0.2) is 0 Å². The third kappa shape index (κ3) is 4.69. The predicted octanol–water partition coefficient (Wildman–Crippen LogP) is 0.0531. The van der Waals surface area contributed by atoms with Gasteiger partial charge in [-0.15, -0.1) is 0 Å². The lowest BCUT2D eigenvalue weighted by molar-refractivity contribution is 0.530. The van der Waals surface area contributed by atoms with E-state index in [1.807, 2.05) is 13.8 Å². The van der Waals surface area contributed by atoms with Crippen LogP contribution in [0.1, 0.15) is 26.7 Å². The number of rotatable bonds is 6. The molecule has 0 saturated heterocycles. The monoisotopic (exact) mass is 194 g/mol. The van der Waals surface area contributed by atoms with Crippen molar-refractivity contribution in [3.63, 3.8) is 0 Å². The van der Waals surface area contributed by atoms with Gasteiger partial charge in [-0.3, -0.25) is 0 Å². The highest BCUT2D eigenvalue weighted by Crippen LogP contribution is 1.98. The van der Waals surface area contributed by atoms with Gasteiger partial charge in [-0.25, -0.2) is 13.1 Å². The first-order chi connectivity index (χ1) is 5.55. The van der Waals surface area contributed by atoms with Crippen LogP contribution in [0.5, 0.6) is 0 Å². The SMILES string of the molecule is CCC(CC)NS(=O)(=O)CCN. The summed E-state index contributed by atoms with van der Waals surface area (Å²) in [5.41, 5.74) is 5.15. The summed E-state index contributed by atoms with van der Waals surface area (Å²) in [4.78, 5) is 0. The van der Waals surface area contributed by atoms with Crippen LogP contribution in [0.4, 0.5) is 0 Å². The summed E-state index contributed by atoms with van der Waals surface area (Å²) in [7, 11) is -3.13. The highest BCUT2D eigenvalue weighted by molar-refractivity contribution is 7.89. The van der Waals surface area contributed by atoms with Crippen LogP contribution in [-0.4, -0.2) is 26.8 Å².